The summed E-state index contributed by atoms with van der Waals surface area (Å²) >= 11 is 0. The van der Waals surface area contributed by atoms with E-state index in [2.05, 4.69) is 15.4 Å². The lowest BCUT2D eigenvalue weighted by Crippen LogP contribution is -2.59. The van der Waals surface area contributed by atoms with Crippen LogP contribution in [0.3, 0.4) is 0 Å². The molecule has 4 heterocycles. The van der Waals surface area contributed by atoms with E-state index in [1.807, 2.05) is 36.4 Å². The molecule has 5 amide bonds. The average Bonchev–Trinajstić information content (AvgIpc) is 3.40. The molecule has 3 fully saturated rings. The Balaban J connectivity index is 1.25. The van der Waals surface area contributed by atoms with Gasteiger partial charge < -0.3 is 29.7 Å². The minimum atomic E-state index is -4.24. The fourth-order valence-electron chi connectivity index (χ4n) is 7.35. The van der Waals surface area contributed by atoms with Gasteiger partial charge in [0.2, 0.25) is 11.8 Å². The molecule has 1 aromatic carbocycles. The zero-order valence-electron chi connectivity index (χ0n) is 30.5. The number of rotatable bonds is 5. The summed E-state index contributed by atoms with van der Waals surface area (Å²) in [5, 5.41) is 5.51. The molecule has 16 nitrogen and oxygen atoms in total. The monoisotopic (exact) mass is 758 g/mol. The highest BCUT2D eigenvalue weighted by molar-refractivity contribution is 7.87. The van der Waals surface area contributed by atoms with E-state index in [1.54, 1.807) is 25.7 Å². The van der Waals surface area contributed by atoms with Gasteiger partial charge in [-0.2, -0.15) is 12.7 Å². The number of carbonyl (C=O) groups is 5. The molecule has 1 aliphatic carbocycles. The van der Waals surface area contributed by atoms with Crippen LogP contribution in [0.15, 0.2) is 36.4 Å². The van der Waals surface area contributed by atoms with E-state index in [0.29, 0.717) is 25.9 Å². The van der Waals surface area contributed by atoms with Crippen LogP contribution in [0.25, 0.3) is 0 Å². The van der Waals surface area contributed by atoms with Crippen LogP contribution >= 0.6 is 0 Å². The second-order valence-electron chi connectivity index (χ2n) is 15.4. The van der Waals surface area contributed by atoms with Gasteiger partial charge in [0.1, 0.15) is 29.3 Å². The molecule has 0 unspecified atom stereocenters. The molecule has 17 heteroatoms. The van der Waals surface area contributed by atoms with Gasteiger partial charge in [0.25, 0.3) is 5.91 Å². The van der Waals surface area contributed by atoms with Gasteiger partial charge in [0.05, 0.1) is 19.8 Å². The second kappa shape index (κ2) is 15.6. The molecular formula is C36H50N6O10S. The predicted molar refractivity (Wildman–Crippen MR) is 190 cm³/mol. The molecule has 1 aromatic rings. The maximum absolute atomic E-state index is 14.4. The lowest BCUT2D eigenvalue weighted by molar-refractivity contribution is -0.141. The van der Waals surface area contributed by atoms with Crippen molar-refractivity contribution in [2.75, 3.05) is 32.8 Å². The number of fused-ring (bicyclic) bond motifs is 3. The zero-order valence-corrected chi connectivity index (χ0v) is 31.3. The summed E-state index contributed by atoms with van der Waals surface area (Å²) in [5.41, 5.74) is -0.413. The van der Waals surface area contributed by atoms with Gasteiger partial charge in [0, 0.05) is 38.5 Å². The molecule has 0 bridgehead atoms. The SMILES string of the molecule is CC(C)(C)OC(=O)N[C@H]1CCCCC/C=C\[C@@H]2C[C@@]2(C(=O)NS(=O)(=O)N2CCOCC2)NC(=O)[C@@H]2C[C@@H](OC(=O)N3Cc4ccccc4C3)CN2C1=O. The fourth-order valence-corrected chi connectivity index (χ4v) is 8.53. The molecule has 4 aliphatic heterocycles. The Bertz CT molecular complexity index is 1700. The summed E-state index contributed by atoms with van der Waals surface area (Å²) < 4.78 is 46.3. The summed E-state index contributed by atoms with van der Waals surface area (Å²) in [6, 6.07) is 5.42. The molecule has 2 saturated heterocycles. The average molecular weight is 759 g/mol. The van der Waals surface area contributed by atoms with Crippen molar-refractivity contribution in [3.05, 3.63) is 47.5 Å². The van der Waals surface area contributed by atoms with Crippen LogP contribution in [-0.4, -0.2) is 115 Å². The van der Waals surface area contributed by atoms with Crippen molar-refractivity contribution >= 4 is 40.1 Å². The van der Waals surface area contributed by atoms with Gasteiger partial charge in [-0.1, -0.05) is 49.3 Å². The van der Waals surface area contributed by atoms with E-state index < -0.39 is 75.4 Å². The summed E-state index contributed by atoms with van der Waals surface area (Å²) in [7, 11) is -4.24. The third kappa shape index (κ3) is 9.12. The molecule has 0 radical (unpaired) electrons. The number of carbonyl (C=O) groups excluding carboxylic acids is 5. The fraction of sp³-hybridized carbons (Fsp3) is 0.639. The number of hydrogen-bond acceptors (Lipinski definition) is 10. The van der Waals surface area contributed by atoms with E-state index in [1.165, 1.54) is 4.90 Å². The lowest BCUT2D eigenvalue weighted by Gasteiger charge is -2.31. The van der Waals surface area contributed by atoms with E-state index in [9.17, 15) is 32.4 Å². The van der Waals surface area contributed by atoms with Crippen LogP contribution in [0.1, 0.15) is 76.8 Å². The smallest absolute Gasteiger partial charge is 0.410 e. The number of morpholine rings is 1. The third-order valence-electron chi connectivity index (χ3n) is 10.2. The number of alkyl carbamates (subject to hydrolysis) is 1. The number of benzene rings is 1. The summed E-state index contributed by atoms with van der Waals surface area (Å²) in [4.78, 5) is 71.6. The molecule has 1 saturated carbocycles. The van der Waals surface area contributed by atoms with Gasteiger partial charge in [-0.15, -0.1) is 0 Å². The highest BCUT2D eigenvalue weighted by Gasteiger charge is 2.62. The Morgan fingerprint density at radius 2 is 1.72 bits per heavy atom. The van der Waals surface area contributed by atoms with Crippen molar-refractivity contribution in [1.29, 1.82) is 0 Å². The number of amides is 5. The van der Waals surface area contributed by atoms with Gasteiger partial charge >= 0.3 is 22.4 Å². The number of hydrogen-bond donors (Lipinski definition) is 3. The van der Waals surface area contributed by atoms with E-state index in [4.69, 9.17) is 14.2 Å². The number of allylic oxidation sites excluding steroid dienone is 1. The molecule has 0 spiro atoms. The Morgan fingerprint density at radius 3 is 2.40 bits per heavy atom. The maximum Gasteiger partial charge on any atom is 0.410 e. The quantitative estimate of drug-likeness (QED) is 0.375. The van der Waals surface area contributed by atoms with Crippen LogP contribution in [0, 0.1) is 5.92 Å². The van der Waals surface area contributed by atoms with E-state index in [0.717, 1.165) is 28.3 Å². The Kier molecular flexibility index (Phi) is 11.4. The van der Waals surface area contributed by atoms with Crippen molar-refractivity contribution < 1.29 is 46.6 Å². The van der Waals surface area contributed by atoms with Crippen molar-refractivity contribution in [2.45, 2.75) is 108 Å². The molecule has 6 rings (SSSR count). The largest absolute Gasteiger partial charge is 0.444 e. The first-order chi connectivity index (χ1) is 25.1. The minimum absolute atomic E-state index is 0.0759. The third-order valence-corrected chi connectivity index (χ3v) is 11.7. The van der Waals surface area contributed by atoms with E-state index >= 15 is 0 Å². The standard InChI is InChI=1S/C36H50N6O10S/c1-35(2,3)52-33(46)37-28-14-8-6-4-5-7-13-26-20-36(26,32(45)39-53(48,49)41-15-17-50-18-16-41)38-30(43)29-19-27(23-42(29)31(28)44)51-34(47)40-21-24-11-9-10-12-25(24)22-40/h7,9-13,26-29H,4-6,8,14-23H2,1-3H3,(H,37,46)(H,38,43)(H,39,45)/b13-7-/t26-,27-,28+,29+,36-/m1/s1. The Labute approximate surface area is 310 Å². The number of nitrogens with one attached hydrogen (secondary N) is 3. The van der Waals surface area contributed by atoms with Gasteiger partial charge in [0.15, 0.2) is 0 Å². The summed E-state index contributed by atoms with van der Waals surface area (Å²) in [6.45, 7) is 6.23. The maximum atomic E-state index is 14.4. The molecule has 3 N–H and O–H groups in total. The van der Waals surface area contributed by atoms with Gasteiger partial charge in [-0.25, -0.2) is 14.3 Å². The van der Waals surface area contributed by atoms with Crippen molar-refractivity contribution in [2.24, 2.45) is 5.92 Å². The number of ether oxygens (including phenoxy) is 3. The summed E-state index contributed by atoms with van der Waals surface area (Å²) in [5.74, 6) is -2.63. The van der Waals surface area contributed by atoms with Crippen molar-refractivity contribution in [1.82, 2.24) is 29.5 Å². The highest BCUT2D eigenvalue weighted by Crippen LogP contribution is 2.46. The van der Waals surface area contributed by atoms with E-state index in [-0.39, 0.29) is 52.1 Å². The predicted octanol–water partition coefficient (Wildman–Crippen LogP) is 2.09. The Hall–Kier alpha value is -4.22. The molecular weight excluding hydrogens is 708 g/mol. The van der Waals surface area contributed by atoms with Gasteiger partial charge in [-0.05, 0) is 57.6 Å². The molecule has 0 aromatic heterocycles. The van der Waals surface area contributed by atoms with Crippen molar-refractivity contribution in [3.8, 4) is 0 Å². The first-order valence-electron chi connectivity index (χ1n) is 18.4. The van der Waals surface area contributed by atoms with Crippen LogP contribution in [0.4, 0.5) is 9.59 Å². The molecule has 5 atom stereocenters. The first kappa shape index (κ1) is 38.5. The molecule has 290 valence electrons. The van der Waals surface area contributed by atoms with Gasteiger partial charge in [-0.3, -0.25) is 19.3 Å². The minimum Gasteiger partial charge on any atom is -0.444 e. The van der Waals surface area contributed by atoms with Crippen molar-refractivity contribution in [3.63, 3.8) is 0 Å². The highest BCUT2D eigenvalue weighted by atomic mass is 32.2. The summed E-state index contributed by atoms with van der Waals surface area (Å²) in [6.07, 6.45) is 4.57. The zero-order chi connectivity index (χ0) is 38.0. The topological polar surface area (TPSA) is 193 Å². The van der Waals surface area contributed by atoms with Crippen LogP contribution in [0.5, 0.6) is 0 Å². The number of nitrogens with zero attached hydrogens (tertiary/aromatic N) is 3. The molecule has 5 aliphatic rings. The molecule has 53 heavy (non-hydrogen) atoms. The first-order valence-corrected chi connectivity index (χ1v) is 19.8. The second-order valence-corrected chi connectivity index (χ2v) is 17.0. The van der Waals surface area contributed by atoms with Crippen LogP contribution in [0.2, 0.25) is 0 Å². The van der Waals surface area contributed by atoms with Crippen LogP contribution in [-0.2, 0) is 51.9 Å². The lowest BCUT2D eigenvalue weighted by atomic mass is 10.0. The van der Waals surface area contributed by atoms with Crippen LogP contribution < -0.4 is 15.4 Å². The Morgan fingerprint density at radius 1 is 1.02 bits per heavy atom. The normalized spacial score (nSPS) is 29.0.